The van der Waals surface area contributed by atoms with Crippen molar-refractivity contribution in [3.63, 3.8) is 0 Å². The minimum atomic E-state index is -0.825. The Labute approximate surface area is 97.3 Å². The topological polar surface area (TPSA) is 54.5 Å². The van der Waals surface area contributed by atoms with Gasteiger partial charge >= 0.3 is 0 Å². The van der Waals surface area contributed by atoms with Gasteiger partial charge in [0.2, 0.25) is 0 Å². The van der Waals surface area contributed by atoms with Crippen LogP contribution in [-0.2, 0) is 0 Å². The third-order valence-corrected chi connectivity index (χ3v) is 2.63. The number of benzene rings is 1. The van der Waals surface area contributed by atoms with Crippen LogP contribution in [0.15, 0.2) is 23.2 Å². The van der Waals surface area contributed by atoms with Crippen molar-refractivity contribution < 1.29 is 8.78 Å². The van der Waals surface area contributed by atoms with Crippen LogP contribution in [0, 0.1) is 23.0 Å². The van der Waals surface area contributed by atoms with E-state index in [1.54, 1.807) is 6.07 Å². The molecule has 7 heteroatoms. The van der Waals surface area contributed by atoms with E-state index >= 15 is 0 Å². The largest absolute Gasteiger partial charge is 0.223 e. The summed E-state index contributed by atoms with van der Waals surface area (Å²) in [5, 5.41) is 12.3. The highest BCUT2D eigenvalue weighted by molar-refractivity contribution is 9.10. The Kier molecular flexibility index (Phi) is 2.66. The van der Waals surface area contributed by atoms with Gasteiger partial charge in [0.1, 0.15) is 24.4 Å². The molecule has 1 heterocycles. The van der Waals surface area contributed by atoms with Gasteiger partial charge in [0, 0.05) is 0 Å². The predicted molar refractivity (Wildman–Crippen MR) is 53.7 cm³/mol. The van der Waals surface area contributed by atoms with Gasteiger partial charge < -0.3 is 0 Å². The van der Waals surface area contributed by atoms with Crippen LogP contribution in [0.5, 0.6) is 0 Å². The molecule has 2 rings (SSSR count). The van der Waals surface area contributed by atoms with Crippen molar-refractivity contribution in [2.24, 2.45) is 0 Å². The van der Waals surface area contributed by atoms with E-state index in [2.05, 4.69) is 26.0 Å². The number of rotatable bonds is 1. The average Bonchev–Trinajstić information content (AvgIpc) is 2.77. The van der Waals surface area contributed by atoms with Crippen molar-refractivity contribution in [2.45, 2.75) is 0 Å². The predicted octanol–water partition coefficient (Wildman–Crippen LogP) is 2.18. The quantitative estimate of drug-likeness (QED) is 0.754. The third kappa shape index (κ3) is 1.57. The summed E-state index contributed by atoms with van der Waals surface area (Å²) in [5.41, 5.74) is -0.484. The Morgan fingerprint density at radius 2 is 2.19 bits per heavy atom. The van der Waals surface area contributed by atoms with Gasteiger partial charge in [-0.1, -0.05) is 0 Å². The smallest absolute Gasteiger partial charge is 0.157 e. The summed E-state index contributed by atoms with van der Waals surface area (Å²) in [7, 11) is 0. The van der Waals surface area contributed by atoms with Crippen molar-refractivity contribution in [1.29, 1.82) is 5.26 Å². The fourth-order valence-electron chi connectivity index (χ4n) is 1.20. The SMILES string of the molecule is N#Cc1cc(F)c(-n2cncn2)c(Br)c1F. The number of nitrogens with zero attached hydrogens (tertiary/aromatic N) is 4. The molecule has 1 aromatic heterocycles. The fraction of sp³-hybridized carbons (Fsp3) is 0. The van der Waals surface area contributed by atoms with Gasteiger partial charge in [-0.05, 0) is 22.0 Å². The first-order chi connectivity index (χ1) is 7.65. The van der Waals surface area contributed by atoms with Crippen LogP contribution in [-0.4, -0.2) is 14.8 Å². The molecule has 0 aliphatic rings. The van der Waals surface area contributed by atoms with E-state index in [-0.39, 0.29) is 15.7 Å². The molecule has 0 saturated carbocycles. The highest BCUT2D eigenvalue weighted by Gasteiger charge is 2.18. The van der Waals surface area contributed by atoms with E-state index in [0.717, 1.165) is 10.7 Å². The van der Waals surface area contributed by atoms with Gasteiger partial charge in [-0.15, -0.1) is 0 Å². The van der Waals surface area contributed by atoms with E-state index in [0.29, 0.717) is 0 Å². The minimum absolute atomic E-state index is 0.117. The van der Waals surface area contributed by atoms with Gasteiger partial charge in [0.25, 0.3) is 0 Å². The second-order valence-electron chi connectivity index (χ2n) is 2.83. The molecule has 2 aromatic rings. The van der Waals surface area contributed by atoms with E-state index < -0.39 is 11.6 Å². The van der Waals surface area contributed by atoms with Crippen LogP contribution >= 0.6 is 15.9 Å². The third-order valence-electron chi connectivity index (χ3n) is 1.90. The Hall–Kier alpha value is -1.81. The van der Waals surface area contributed by atoms with Crippen molar-refractivity contribution in [3.8, 4) is 11.8 Å². The van der Waals surface area contributed by atoms with Crippen molar-refractivity contribution in [2.75, 3.05) is 0 Å². The molecule has 80 valence electrons. The summed E-state index contributed by atoms with van der Waals surface area (Å²) in [6.07, 6.45) is 2.43. The molecule has 0 aliphatic carbocycles. The zero-order chi connectivity index (χ0) is 11.7. The number of nitriles is 1. The maximum absolute atomic E-state index is 13.6. The average molecular weight is 285 g/mol. The lowest BCUT2D eigenvalue weighted by atomic mass is 10.2. The lowest BCUT2D eigenvalue weighted by molar-refractivity contribution is 0.578. The Morgan fingerprint density at radius 3 is 2.75 bits per heavy atom. The standard InChI is InChI=1S/C9H3BrF2N4/c10-7-8(12)5(2-13)1-6(11)9(7)16-4-14-3-15-16/h1,3-4H. The molecule has 0 radical (unpaired) electrons. The number of hydrogen-bond acceptors (Lipinski definition) is 3. The Bertz CT molecular complexity index is 574. The summed E-state index contributed by atoms with van der Waals surface area (Å²) in [6.45, 7) is 0. The molecular weight excluding hydrogens is 282 g/mol. The zero-order valence-corrected chi connectivity index (χ0v) is 9.24. The highest BCUT2D eigenvalue weighted by atomic mass is 79.9. The zero-order valence-electron chi connectivity index (χ0n) is 7.65. The summed E-state index contributed by atoms with van der Waals surface area (Å²) in [6, 6.07) is 2.38. The molecule has 0 amide bonds. The van der Waals surface area contributed by atoms with Crippen LogP contribution < -0.4 is 0 Å². The first kappa shape index (κ1) is 10.7. The van der Waals surface area contributed by atoms with Crippen LogP contribution in [0.2, 0.25) is 0 Å². The van der Waals surface area contributed by atoms with Crippen LogP contribution in [0.25, 0.3) is 5.69 Å². The maximum atomic E-state index is 13.6. The fourth-order valence-corrected chi connectivity index (χ4v) is 1.79. The first-order valence-corrected chi connectivity index (χ1v) is 4.87. The lowest BCUT2D eigenvalue weighted by Crippen LogP contribution is -2.03. The summed E-state index contributed by atoms with van der Waals surface area (Å²) >= 11 is 2.89. The molecular formula is C9H3BrF2N4. The van der Waals surface area contributed by atoms with Gasteiger partial charge in [-0.25, -0.2) is 18.4 Å². The second-order valence-corrected chi connectivity index (χ2v) is 3.63. The molecule has 0 N–H and O–H groups in total. The van der Waals surface area contributed by atoms with E-state index in [9.17, 15) is 8.78 Å². The van der Waals surface area contributed by atoms with Crippen molar-refractivity contribution >= 4 is 15.9 Å². The normalized spacial score (nSPS) is 10.1. The van der Waals surface area contributed by atoms with Gasteiger partial charge in [0.15, 0.2) is 11.6 Å². The Morgan fingerprint density at radius 1 is 1.44 bits per heavy atom. The Balaban J connectivity index is 2.74. The molecule has 1 aromatic carbocycles. The monoisotopic (exact) mass is 284 g/mol. The molecule has 0 saturated heterocycles. The van der Waals surface area contributed by atoms with Crippen LogP contribution in [0.4, 0.5) is 8.78 Å². The van der Waals surface area contributed by atoms with Crippen molar-refractivity contribution in [3.05, 3.63) is 40.4 Å². The van der Waals surface area contributed by atoms with Crippen LogP contribution in [0.1, 0.15) is 5.56 Å². The summed E-state index contributed by atoms with van der Waals surface area (Å²) in [5.74, 6) is -1.58. The second kappa shape index (κ2) is 3.98. The van der Waals surface area contributed by atoms with Gasteiger partial charge in [-0.2, -0.15) is 10.4 Å². The van der Waals surface area contributed by atoms with E-state index in [4.69, 9.17) is 5.26 Å². The molecule has 0 aliphatic heterocycles. The molecule has 0 unspecified atom stereocenters. The summed E-state index contributed by atoms with van der Waals surface area (Å²) in [4.78, 5) is 3.63. The van der Waals surface area contributed by atoms with E-state index in [1.807, 2.05) is 0 Å². The molecule has 16 heavy (non-hydrogen) atoms. The number of halogens is 3. The van der Waals surface area contributed by atoms with E-state index in [1.165, 1.54) is 12.7 Å². The molecule has 0 spiro atoms. The molecule has 0 bridgehead atoms. The highest BCUT2D eigenvalue weighted by Crippen LogP contribution is 2.28. The van der Waals surface area contributed by atoms with Crippen molar-refractivity contribution in [1.82, 2.24) is 14.8 Å². The number of aromatic nitrogens is 3. The van der Waals surface area contributed by atoms with Crippen LogP contribution in [0.3, 0.4) is 0 Å². The molecule has 0 atom stereocenters. The molecule has 0 fully saturated rings. The molecule has 4 nitrogen and oxygen atoms in total. The minimum Gasteiger partial charge on any atom is -0.223 e. The summed E-state index contributed by atoms with van der Waals surface area (Å²) < 4.78 is 28.1. The lowest BCUT2D eigenvalue weighted by Gasteiger charge is -2.07. The maximum Gasteiger partial charge on any atom is 0.157 e. The number of hydrogen-bond donors (Lipinski definition) is 0. The van der Waals surface area contributed by atoms with Gasteiger partial charge in [-0.3, -0.25) is 0 Å². The first-order valence-electron chi connectivity index (χ1n) is 4.07. The van der Waals surface area contributed by atoms with Gasteiger partial charge in [0.05, 0.1) is 10.0 Å².